The zero-order valence-electron chi connectivity index (χ0n) is 8.41. The first-order valence-electron chi connectivity index (χ1n) is 5.41. The van der Waals surface area contributed by atoms with Crippen LogP contribution in [0.3, 0.4) is 0 Å². The van der Waals surface area contributed by atoms with Gasteiger partial charge in [-0.05, 0) is 51.7 Å². The van der Waals surface area contributed by atoms with Crippen molar-refractivity contribution in [3.63, 3.8) is 0 Å². The highest BCUT2D eigenvalue weighted by Crippen LogP contribution is 2.09. The van der Waals surface area contributed by atoms with Crippen molar-refractivity contribution >= 4 is 0 Å². The molecule has 78 valence electrons. The van der Waals surface area contributed by atoms with Gasteiger partial charge in [0.15, 0.2) is 0 Å². The van der Waals surface area contributed by atoms with Crippen molar-refractivity contribution in [2.45, 2.75) is 38.1 Å². The van der Waals surface area contributed by atoms with E-state index in [0.717, 1.165) is 25.7 Å². The van der Waals surface area contributed by atoms with E-state index in [9.17, 15) is 0 Å². The van der Waals surface area contributed by atoms with Crippen LogP contribution in [0.25, 0.3) is 0 Å². The fourth-order valence-corrected chi connectivity index (χ4v) is 1.80. The van der Waals surface area contributed by atoms with E-state index in [4.69, 9.17) is 10.8 Å². The molecule has 0 amide bonds. The molecule has 0 atom stereocenters. The summed E-state index contributed by atoms with van der Waals surface area (Å²) in [7, 11) is 0. The Hall–Kier alpha value is -0.120. The molecule has 0 aromatic carbocycles. The summed E-state index contributed by atoms with van der Waals surface area (Å²) < 4.78 is 0. The van der Waals surface area contributed by atoms with Gasteiger partial charge in [0.2, 0.25) is 0 Å². The van der Waals surface area contributed by atoms with Gasteiger partial charge in [-0.15, -0.1) is 0 Å². The van der Waals surface area contributed by atoms with Crippen LogP contribution in [0.2, 0.25) is 0 Å². The minimum Gasteiger partial charge on any atom is -0.396 e. The predicted molar refractivity (Wildman–Crippen MR) is 54.6 cm³/mol. The molecule has 3 N–H and O–H groups in total. The van der Waals surface area contributed by atoms with Gasteiger partial charge < -0.3 is 15.7 Å². The van der Waals surface area contributed by atoms with Crippen LogP contribution in [-0.2, 0) is 0 Å². The molecule has 0 radical (unpaired) electrons. The molecule has 0 aliphatic carbocycles. The van der Waals surface area contributed by atoms with Gasteiger partial charge in [0.05, 0.1) is 0 Å². The second-order valence-electron chi connectivity index (χ2n) is 3.96. The summed E-state index contributed by atoms with van der Waals surface area (Å²) in [4.78, 5) is 2.49. The van der Waals surface area contributed by atoms with Gasteiger partial charge in [0, 0.05) is 12.6 Å². The van der Waals surface area contributed by atoms with Crippen LogP contribution < -0.4 is 5.73 Å². The van der Waals surface area contributed by atoms with Crippen molar-refractivity contribution in [3.05, 3.63) is 0 Å². The fourth-order valence-electron chi connectivity index (χ4n) is 1.80. The molecule has 1 aliphatic rings. The molecule has 3 nitrogen and oxygen atoms in total. The molecule has 0 saturated carbocycles. The Morgan fingerprint density at radius 3 is 2.46 bits per heavy atom. The van der Waals surface area contributed by atoms with E-state index in [0.29, 0.717) is 12.6 Å². The zero-order chi connectivity index (χ0) is 9.52. The highest BCUT2D eigenvalue weighted by Gasteiger charge is 2.14. The Kier molecular flexibility index (Phi) is 5.35. The molecule has 13 heavy (non-hydrogen) atoms. The lowest BCUT2D eigenvalue weighted by Gasteiger charge is -2.29. The first-order valence-corrected chi connectivity index (χ1v) is 5.41. The lowest BCUT2D eigenvalue weighted by Crippen LogP contribution is -2.40. The predicted octanol–water partition coefficient (Wildman–Crippen LogP) is 0.572. The number of unbranched alkanes of at least 4 members (excludes halogenated alkanes) is 2. The summed E-state index contributed by atoms with van der Waals surface area (Å²) >= 11 is 0. The van der Waals surface area contributed by atoms with Gasteiger partial charge >= 0.3 is 0 Å². The minimum atomic E-state index is 0.338. The number of nitrogens with two attached hydrogens (primary N) is 1. The first-order chi connectivity index (χ1) is 6.33. The molecule has 3 heteroatoms. The standard InChI is InChI=1S/C10H22N2O/c11-10-4-7-12(8-5-10)6-2-1-3-9-13/h10,13H,1-9,11H2. The molecule has 1 rings (SSSR count). The number of nitrogens with zero attached hydrogens (tertiary/aromatic N) is 1. The van der Waals surface area contributed by atoms with Crippen LogP contribution in [0.15, 0.2) is 0 Å². The van der Waals surface area contributed by atoms with E-state index in [1.165, 1.54) is 26.1 Å². The maximum Gasteiger partial charge on any atom is 0.0431 e. The Bertz CT molecular complexity index is 122. The smallest absolute Gasteiger partial charge is 0.0431 e. The van der Waals surface area contributed by atoms with E-state index in [1.54, 1.807) is 0 Å². The second kappa shape index (κ2) is 6.35. The van der Waals surface area contributed by atoms with Gasteiger partial charge in [-0.3, -0.25) is 0 Å². The number of piperidine rings is 1. The zero-order valence-corrected chi connectivity index (χ0v) is 8.41. The van der Waals surface area contributed by atoms with Gasteiger partial charge in [-0.25, -0.2) is 0 Å². The number of aliphatic hydroxyl groups is 1. The quantitative estimate of drug-likeness (QED) is 0.617. The lowest BCUT2D eigenvalue weighted by molar-refractivity contribution is 0.206. The molecular formula is C10H22N2O. The maximum absolute atomic E-state index is 8.61. The third kappa shape index (κ3) is 4.60. The first kappa shape index (κ1) is 11.0. The van der Waals surface area contributed by atoms with Crippen molar-refractivity contribution < 1.29 is 5.11 Å². The maximum atomic E-state index is 8.61. The third-order valence-electron chi connectivity index (χ3n) is 2.76. The van der Waals surface area contributed by atoms with E-state index in [-0.39, 0.29) is 0 Å². The molecule has 1 fully saturated rings. The third-order valence-corrected chi connectivity index (χ3v) is 2.76. The van der Waals surface area contributed by atoms with E-state index >= 15 is 0 Å². The highest BCUT2D eigenvalue weighted by atomic mass is 16.2. The van der Waals surface area contributed by atoms with E-state index in [2.05, 4.69) is 4.90 Å². The van der Waals surface area contributed by atoms with Crippen LogP contribution in [-0.4, -0.2) is 42.3 Å². The number of hydrogen-bond donors (Lipinski definition) is 2. The van der Waals surface area contributed by atoms with Crippen LogP contribution in [0, 0.1) is 0 Å². The normalized spacial score (nSPS) is 20.8. The minimum absolute atomic E-state index is 0.338. The molecular weight excluding hydrogens is 164 g/mol. The van der Waals surface area contributed by atoms with Crippen molar-refractivity contribution in [1.29, 1.82) is 0 Å². The number of hydrogen-bond acceptors (Lipinski definition) is 3. The number of rotatable bonds is 5. The Morgan fingerprint density at radius 1 is 1.15 bits per heavy atom. The van der Waals surface area contributed by atoms with Crippen molar-refractivity contribution in [2.24, 2.45) is 5.73 Å². The van der Waals surface area contributed by atoms with Gasteiger partial charge in [0.1, 0.15) is 0 Å². The van der Waals surface area contributed by atoms with Crippen LogP contribution >= 0.6 is 0 Å². The summed E-state index contributed by atoms with van der Waals surface area (Å²) in [6.07, 6.45) is 5.63. The van der Waals surface area contributed by atoms with E-state index < -0.39 is 0 Å². The topological polar surface area (TPSA) is 49.5 Å². The summed E-state index contributed by atoms with van der Waals surface area (Å²) in [6, 6.07) is 0.439. The van der Waals surface area contributed by atoms with E-state index in [1.807, 2.05) is 0 Å². The van der Waals surface area contributed by atoms with Crippen LogP contribution in [0.5, 0.6) is 0 Å². The molecule has 0 unspecified atom stereocenters. The largest absolute Gasteiger partial charge is 0.396 e. The molecule has 0 aromatic heterocycles. The monoisotopic (exact) mass is 186 g/mol. The Balaban J connectivity index is 1.96. The lowest BCUT2D eigenvalue weighted by atomic mass is 10.1. The highest BCUT2D eigenvalue weighted by molar-refractivity contribution is 4.73. The SMILES string of the molecule is NC1CCN(CCCCCO)CC1. The summed E-state index contributed by atoms with van der Waals surface area (Å²) in [5.74, 6) is 0. The Morgan fingerprint density at radius 2 is 1.85 bits per heavy atom. The molecule has 0 aromatic rings. The van der Waals surface area contributed by atoms with Gasteiger partial charge in [0.25, 0.3) is 0 Å². The second-order valence-corrected chi connectivity index (χ2v) is 3.96. The van der Waals surface area contributed by atoms with Crippen molar-refractivity contribution in [2.75, 3.05) is 26.2 Å². The summed E-state index contributed by atoms with van der Waals surface area (Å²) in [6.45, 7) is 3.86. The molecule has 0 bridgehead atoms. The number of likely N-dealkylation sites (tertiary alicyclic amines) is 1. The summed E-state index contributed by atoms with van der Waals surface area (Å²) in [5, 5.41) is 8.61. The van der Waals surface area contributed by atoms with Gasteiger partial charge in [-0.2, -0.15) is 0 Å². The van der Waals surface area contributed by atoms with Crippen molar-refractivity contribution in [3.8, 4) is 0 Å². The fraction of sp³-hybridized carbons (Fsp3) is 1.00. The van der Waals surface area contributed by atoms with Crippen molar-refractivity contribution in [1.82, 2.24) is 4.90 Å². The van der Waals surface area contributed by atoms with Crippen LogP contribution in [0.4, 0.5) is 0 Å². The average molecular weight is 186 g/mol. The van der Waals surface area contributed by atoms with Gasteiger partial charge in [-0.1, -0.05) is 0 Å². The van der Waals surface area contributed by atoms with Crippen LogP contribution in [0.1, 0.15) is 32.1 Å². The Labute approximate surface area is 80.9 Å². The molecule has 1 saturated heterocycles. The molecule has 1 heterocycles. The average Bonchev–Trinajstić information content (AvgIpc) is 2.15. The summed E-state index contributed by atoms with van der Waals surface area (Å²) in [5.41, 5.74) is 5.81. The molecule has 0 spiro atoms. The number of aliphatic hydroxyl groups excluding tert-OH is 1. The molecule has 1 aliphatic heterocycles.